The van der Waals surface area contributed by atoms with Gasteiger partial charge in [0, 0.05) is 6.21 Å². The molecule has 9 heteroatoms. The minimum absolute atomic E-state index is 0.00879. The summed E-state index contributed by atoms with van der Waals surface area (Å²) in [6.45, 7) is 10.9. The molecule has 12 unspecified atom stereocenters. The van der Waals surface area contributed by atoms with Crippen molar-refractivity contribution in [3.8, 4) is 0 Å². The van der Waals surface area contributed by atoms with E-state index in [2.05, 4.69) is 33.8 Å². The Hall–Kier alpha value is -0.520. The van der Waals surface area contributed by atoms with E-state index in [1.54, 1.807) is 11.8 Å². The van der Waals surface area contributed by atoms with Gasteiger partial charge in [0.1, 0.15) is 5.44 Å². The van der Waals surface area contributed by atoms with Crippen molar-refractivity contribution in [3.63, 3.8) is 0 Å². The van der Waals surface area contributed by atoms with E-state index >= 15 is 0 Å². The van der Waals surface area contributed by atoms with Gasteiger partial charge in [-0.05, 0) is 125 Å². The first-order valence-electron chi connectivity index (χ1n) is 16.7. The predicted octanol–water partition coefficient (Wildman–Crippen LogP) is 4.31. The van der Waals surface area contributed by atoms with Gasteiger partial charge in [0.25, 0.3) is 0 Å². The Morgan fingerprint density at radius 2 is 1.93 bits per heavy atom. The van der Waals surface area contributed by atoms with E-state index in [1.807, 2.05) is 13.1 Å². The van der Waals surface area contributed by atoms with Crippen molar-refractivity contribution in [3.05, 3.63) is 11.6 Å². The van der Waals surface area contributed by atoms with Crippen molar-refractivity contribution in [1.29, 1.82) is 0 Å². The molecule has 246 valence electrons. The monoisotopic (exact) mass is 623 g/mol. The van der Waals surface area contributed by atoms with Crippen molar-refractivity contribution in [2.75, 3.05) is 19.0 Å². The minimum Gasteiger partial charge on any atom is -0.396 e. The number of ether oxygens (including phenoxy) is 2. The second-order valence-electron chi connectivity index (χ2n) is 15.8. The van der Waals surface area contributed by atoms with Crippen LogP contribution in [-0.2, 0) is 9.47 Å². The fourth-order valence-corrected chi connectivity index (χ4v) is 10.6. The molecule has 0 aromatic rings. The van der Waals surface area contributed by atoms with Gasteiger partial charge < -0.3 is 35.0 Å². The number of nitrogens with zero attached hydrogens (tertiary/aromatic N) is 1. The molecule has 1 saturated heterocycles. The first-order valence-corrected chi connectivity index (χ1v) is 17.8. The molecule has 12 atom stereocenters. The lowest BCUT2D eigenvalue weighted by atomic mass is 9.79. The second kappa shape index (κ2) is 13.3. The lowest BCUT2D eigenvalue weighted by molar-refractivity contribution is -0.355. The number of aliphatic imine (C=N–C) groups is 1. The molecular formula is C34H57NO7S. The molecule has 0 amide bonds. The Morgan fingerprint density at radius 1 is 1.16 bits per heavy atom. The number of thioether (sulfide) groups is 1. The van der Waals surface area contributed by atoms with Crippen LogP contribution < -0.4 is 0 Å². The molecule has 5 N–H and O–H groups in total. The van der Waals surface area contributed by atoms with Gasteiger partial charge in [0.05, 0.1) is 55.0 Å². The topological polar surface area (TPSA) is 132 Å². The van der Waals surface area contributed by atoms with Gasteiger partial charge in [-0.1, -0.05) is 13.8 Å². The fourth-order valence-electron chi connectivity index (χ4n) is 8.95. The van der Waals surface area contributed by atoms with E-state index < -0.39 is 41.9 Å². The molecule has 4 fully saturated rings. The van der Waals surface area contributed by atoms with Crippen molar-refractivity contribution in [2.24, 2.45) is 45.9 Å². The van der Waals surface area contributed by atoms with Gasteiger partial charge in [0.15, 0.2) is 5.79 Å². The lowest BCUT2D eigenvalue weighted by Gasteiger charge is -2.49. The van der Waals surface area contributed by atoms with Gasteiger partial charge in [-0.25, -0.2) is 0 Å². The molecule has 0 spiro atoms. The van der Waals surface area contributed by atoms with Crippen LogP contribution >= 0.6 is 11.8 Å². The minimum atomic E-state index is -1.65. The summed E-state index contributed by atoms with van der Waals surface area (Å²) in [6.07, 6.45) is 11.6. The van der Waals surface area contributed by atoms with Crippen LogP contribution in [0.5, 0.6) is 0 Å². The first-order chi connectivity index (χ1) is 20.2. The molecule has 3 aliphatic carbocycles. The van der Waals surface area contributed by atoms with E-state index in [4.69, 9.17) is 14.5 Å². The van der Waals surface area contributed by atoms with Crippen molar-refractivity contribution >= 4 is 18.0 Å². The highest BCUT2D eigenvalue weighted by Gasteiger charge is 2.70. The van der Waals surface area contributed by atoms with Gasteiger partial charge in [-0.2, -0.15) is 0 Å². The number of aliphatic hydroxyl groups is 5. The maximum absolute atomic E-state index is 10.7. The van der Waals surface area contributed by atoms with Crippen LogP contribution in [0.1, 0.15) is 92.4 Å². The van der Waals surface area contributed by atoms with Gasteiger partial charge in [0.2, 0.25) is 0 Å². The molecule has 5 rings (SSSR count). The molecular weight excluding hydrogens is 566 g/mol. The highest BCUT2D eigenvalue weighted by molar-refractivity contribution is 7.99. The van der Waals surface area contributed by atoms with Crippen LogP contribution in [0.25, 0.3) is 0 Å². The number of fused-ring (bicyclic) bond motifs is 2. The fraction of sp³-hybridized carbons (Fsp3) is 0.912. The normalized spacial score (nSPS) is 41.3. The summed E-state index contributed by atoms with van der Waals surface area (Å²) in [5, 5.41) is 50.8. The van der Waals surface area contributed by atoms with Crippen molar-refractivity contribution < 1.29 is 35.0 Å². The summed E-state index contributed by atoms with van der Waals surface area (Å²) in [4.78, 5) is 4.89. The molecule has 0 bridgehead atoms. The quantitative estimate of drug-likeness (QED) is 0.182. The molecule has 3 saturated carbocycles. The summed E-state index contributed by atoms with van der Waals surface area (Å²) in [7, 11) is 0. The lowest BCUT2D eigenvalue weighted by Crippen LogP contribution is -2.61. The average molecular weight is 624 g/mol. The highest BCUT2D eigenvalue weighted by Crippen LogP contribution is 2.60. The third-order valence-electron chi connectivity index (χ3n) is 11.2. The molecule has 0 aromatic heterocycles. The largest absolute Gasteiger partial charge is 0.396 e. The SMILES string of the molecule is CC(O)CC1CC2CC2C1CCC1CCC(COC(C)(C)CC(C)(C)CCSC2OC3(O)C(CO)C(O)C(O)C23)=CC=N1. The van der Waals surface area contributed by atoms with Crippen LogP contribution in [0.15, 0.2) is 16.6 Å². The highest BCUT2D eigenvalue weighted by atomic mass is 32.2. The summed E-state index contributed by atoms with van der Waals surface area (Å²) >= 11 is 1.55. The Kier molecular flexibility index (Phi) is 10.5. The van der Waals surface area contributed by atoms with Crippen LogP contribution in [0.4, 0.5) is 0 Å². The standard InChI is InChI=1S/C34H57NO7S/c1-20(37)14-22-15-23-16-26(23)25(22)9-8-24-7-6-21(10-12-35-24)18-41-33(4,5)19-32(2,3)11-13-43-31-28-30(39)29(38)27(17-36)34(28,40)42-31/h10,12,20,22-31,36-40H,6-9,11,13-19H2,1-5H3. The average Bonchev–Trinajstić information content (AvgIpc) is 3.60. The van der Waals surface area contributed by atoms with E-state index in [-0.39, 0.29) is 17.1 Å². The summed E-state index contributed by atoms with van der Waals surface area (Å²) in [6, 6.07) is 0.377. The number of allylic oxidation sites excluding steroid dienone is 1. The van der Waals surface area contributed by atoms with Crippen LogP contribution in [0, 0.1) is 40.9 Å². The number of hydrogen-bond acceptors (Lipinski definition) is 9. The first kappa shape index (κ1) is 33.8. The maximum atomic E-state index is 10.7. The zero-order chi connectivity index (χ0) is 31.2. The molecule has 2 heterocycles. The van der Waals surface area contributed by atoms with E-state index in [0.29, 0.717) is 18.6 Å². The second-order valence-corrected chi connectivity index (χ2v) is 17.0. The molecule has 5 aliphatic rings. The number of rotatable bonds is 15. The third kappa shape index (κ3) is 7.73. The molecule has 43 heavy (non-hydrogen) atoms. The van der Waals surface area contributed by atoms with E-state index in [1.165, 1.54) is 24.8 Å². The smallest absolute Gasteiger partial charge is 0.183 e. The van der Waals surface area contributed by atoms with Gasteiger partial charge in [-0.3, -0.25) is 4.99 Å². The van der Waals surface area contributed by atoms with Gasteiger partial charge in [-0.15, -0.1) is 11.8 Å². The van der Waals surface area contributed by atoms with Gasteiger partial charge >= 0.3 is 0 Å². The zero-order valence-electron chi connectivity index (χ0n) is 26.9. The summed E-state index contributed by atoms with van der Waals surface area (Å²) in [5.41, 5.74) is 0.617. The maximum Gasteiger partial charge on any atom is 0.183 e. The Bertz CT molecular complexity index is 1020. The summed E-state index contributed by atoms with van der Waals surface area (Å²) in [5.74, 6) is 0.988. The zero-order valence-corrected chi connectivity index (χ0v) is 27.7. The van der Waals surface area contributed by atoms with Crippen molar-refractivity contribution in [2.45, 2.75) is 134 Å². The summed E-state index contributed by atoms with van der Waals surface area (Å²) < 4.78 is 12.2. The third-order valence-corrected chi connectivity index (χ3v) is 12.3. The predicted molar refractivity (Wildman–Crippen MR) is 170 cm³/mol. The molecule has 8 nitrogen and oxygen atoms in total. The van der Waals surface area contributed by atoms with Crippen LogP contribution in [0.2, 0.25) is 0 Å². The Morgan fingerprint density at radius 3 is 2.65 bits per heavy atom. The number of aliphatic hydroxyl groups excluding tert-OH is 4. The molecule has 0 radical (unpaired) electrons. The Labute approximate surface area is 262 Å². The molecule has 2 aliphatic heterocycles. The van der Waals surface area contributed by atoms with Crippen LogP contribution in [-0.4, -0.2) is 91.9 Å². The van der Waals surface area contributed by atoms with E-state index in [9.17, 15) is 25.5 Å². The molecule has 0 aromatic carbocycles. The van der Waals surface area contributed by atoms with E-state index in [0.717, 1.165) is 62.0 Å². The Balaban J connectivity index is 1.00. The van der Waals surface area contributed by atoms with Crippen LogP contribution in [0.3, 0.4) is 0 Å². The van der Waals surface area contributed by atoms with Crippen molar-refractivity contribution in [1.82, 2.24) is 0 Å². The number of hydrogen-bond donors (Lipinski definition) is 5.